The van der Waals surface area contributed by atoms with Crippen LogP contribution in [0, 0.1) is 17.7 Å². The maximum Gasteiger partial charge on any atom is 0.408 e. The molecular weight excluding hydrogens is 411 g/mol. The van der Waals surface area contributed by atoms with E-state index < -0.39 is 5.54 Å². The number of carbonyl (C=O) groups excluding carboxylic acids is 1. The van der Waals surface area contributed by atoms with Gasteiger partial charge in [0, 0.05) is 10.9 Å². The molecule has 0 radical (unpaired) electrons. The summed E-state index contributed by atoms with van der Waals surface area (Å²) in [6, 6.07) is 6.29. The number of ether oxygens (including phenoxy) is 1. The molecule has 1 fully saturated rings. The van der Waals surface area contributed by atoms with Crippen molar-refractivity contribution in [1.29, 1.82) is 0 Å². The Kier molecular flexibility index (Phi) is 8.09. The summed E-state index contributed by atoms with van der Waals surface area (Å²) in [7, 11) is 0. The van der Waals surface area contributed by atoms with Gasteiger partial charge >= 0.3 is 6.09 Å². The minimum absolute atomic E-state index is 0.0448. The summed E-state index contributed by atoms with van der Waals surface area (Å²) in [6.45, 7) is 8.22. The molecule has 1 aliphatic rings. The summed E-state index contributed by atoms with van der Waals surface area (Å²) in [5, 5.41) is 5.75. The first kappa shape index (κ1) is 23.7. The van der Waals surface area contributed by atoms with E-state index in [2.05, 4.69) is 24.1 Å². The van der Waals surface area contributed by atoms with Gasteiger partial charge in [-0.25, -0.2) is 14.2 Å². The van der Waals surface area contributed by atoms with E-state index in [4.69, 9.17) is 4.74 Å². The first-order chi connectivity index (χ1) is 14.8. The van der Waals surface area contributed by atoms with Gasteiger partial charge in [-0.3, -0.25) is 0 Å². The van der Waals surface area contributed by atoms with E-state index in [9.17, 15) is 9.18 Å². The lowest BCUT2D eigenvalue weighted by molar-refractivity contribution is 0.0479. The number of nitrogens with one attached hydrogen (secondary N) is 1. The van der Waals surface area contributed by atoms with Crippen LogP contribution in [0.15, 0.2) is 29.6 Å². The van der Waals surface area contributed by atoms with Crippen molar-refractivity contribution in [2.45, 2.75) is 84.3 Å². The van der Waals surface area contributed by atoms with Crippen molar-refractivity contribution in [2.24, 2.45) is 11.8 Å². The van der Waals surface area contributed by atoms with Crippen molar-refractivity contribution >= 4 is 17.4 Å². The van der Waals surface area contributed by atoms with Crippen molar-refractivity contribution in [3.05, 3.63) is 41.2 Å². The Balaban J connectivity index is 1.61. The lowest BCUT2D eigenvalue weighted by Crippen LogP contribution is -2.43. The zero-order valence-electron chi connectivity index (χ0n) is 19.1. The minimum Gasteiger partial charge on any atom is -0.446 e. The van der Waals surface area contributed by atoms with E-state index >= 15 is 0 Å². The average Bonchev–Trinajstić information content (AvgIpc) is 3.13. The van der Waals surface area contributed by atoms with Crippen LogP contribution in [0.3, 0.4) is 0 Å². The molecule has 1 amide bonds. The van der Waals surface area contributed by atoms with Gasteiger partial charge < -0.3 is 10.1 Å². The Morgan fingerprint density at radius 2 is 1.97 bits per heavy atom. The van der Waals surface area contributed by atoms with Gasteiger partial charge in [0.2, 0.25) is 0 Å². The van der Waals surface area contributed by atoms with E-state index in [1.165, 1.54) is 49.2 Å². The smallest absolute Gasteiger partial charge is 0.408 e. The number of halogens is 1. The Labute approximate surface area is 189 Å². The van der Waals surface area contributed by atoms with Crippen LogP contribution in [0.4, 0.5) is 9.18 Å². The molecule has 2 aromatic rings. The SMILES string of the molecule is CCC1CCCC(C(CC)OC(=O)NC(C)(C)c2csc(-c3ccc(F)cc3)n2)CC1. The van der Waals surface area contributed by atoms with E-state index in [1.807, 2.05) is 19.2 Å². The van der Waals surface area contributed by atoms with Crippen molar-refractivity contribution in [1.82, 2.24) is 10.3 Å². The highest BCUT2D eigenvalue weighted by Gasteiger charge is 2.31. The average molecular weight is 447 g/mol. The minimum atomic E-state index is -0.666. The fraction of sp³-hybridized carbons (Fsp3) is 0.600. The molecule has 31 heavy (non-hydrogen) atoms. The highest BCUT2D eigenvalue weighted by Crippen LogP contribution is 2.33. The second-order valence-electron chi connectivity index (χ2n) is 9.19. The van der Waals surface area contributed by atoms with Crippen LogP contribution in [0.2, 0.25) is 0 Å². The lowest BCUT2D eigenvalue weighted by Gasteiger charge is -2.29. The molecule has 170 valence electrons. The molecule has 0 bridgehead atoms. The molecule has 0 aliphatic heterocycles. The molecule has 1 aromatic heterocycles. The predicted octanol–water partition coefficient (Wildman–Crippen LogP) is 7.30. The van der Waals surface area contributed by atoms with E-state index in [0.717, 1.165) is 41.4 Å². The largest absolute Gasteiger partial charge is 0.446 e. The van der Waals surface area contributed by atoms with Crippen molar-refractivity contribution < 1.29 is 13.9 Å². The van der Waals surface area contributed by atoms with E-state index in [-0.39, 0.29) is 18.0 Å². The standard InChI is InChI=1S/C25H35FN2O2S/c1-5-17-8-7-9-18(11-10-17)21(6-2)30-24(29)28-25(3,4)22-16-31-23(27-22)19-12-14-20(26)15-13-19/h12-18,21H,5-11H2,1-4H3,(H,28,29). The molecule has 3 rings (SSSR count). The summed E-state index contributed by atoms with van der Waals surface area (Å²) >= 11 is 1.48. The number of rotatable bonds is 7. The number of hydrogen-bond donors (Lipinski definition) is 1. The predicted molar refractivity (Wildman–Crippen MR) is 125 cm³/mol. The number of thiazole rings is 1. The number of hydrogen-bond acceptors (Lipinski definition) is 4. The number of nitrogens with zero attached hydrogens (tertiary/aromatic N) is 1. The fourth-order valence-electron chi connectivity index (χ4n) is 4.47. The first-order valence-corrected chi connectivity index (χ1v) is 12.4. The number of benzene rings is 1. The Bertz CT molecular complexity index is 849. The molecule has 1 heterocycles. The normalized spacial score (nSPS) is 20.7. The number of alkyl carbamates (subject to hydrolysis) is 1. The summed E-state index contributed by atoms with van der Waals surface area (Å²) in [5.74, 6) is 0.990. The van der Waals surface area contributed by atoms with Crippen LogP contribution in [0.1, 0.15) is 78.3 Å². The van der Waals surface area contributed by atoms with Crippen molar-refractivity contribution in [3.63, 3.8) is 0 Å². The van der Waals surface area contributed by atoms with Crippen LogP contribution in [0.5, 0.6) is 0 Å². The van der Waals surface area contributed by atoms with Crippen molar-refractivity contribution in [3.8, 4) is 10.6 Å². The van der Waals surface area contributed by atoms with Gasteiger partial charge in [-0.05, 0) is 69.2 Å². The number of carbonyl (C=O) groups is 1. The quantitative estimate of drug-likeness (QED) is 0.454. The van der Waals surface area contributed by atoms with Gasteiger partial charge in [-0.1, -0.05) is 39.5 Å². The van der Waals surface area contributed by atoms with Crippen LogP contribution in [0.25, 0.3) is 10.6 Å². The maximum atomic E-state index is 13.2. The first-order valence-electron chi connectivity index (χ1n) is 11.5. The molecule has 1 aliphatic carbocycles. The summed E-state index contributed by atoms with van der Waals surface area (Å²) in [5.41, 5.74) is 0.962. The van der Waals surface area contributed by atoms with Gasteiger partial charge in [-0.15, -0.1) is 11.3 Å². The van der Waals surface area contributed by atoms with Crippen LogP contribution in [-0.4, -0.2) is 17.2 Å². The molecule has 3 atom stereocenters. The molecule has 1 saturated carbocycles. The third-order valence-corrected chi connectivity index (χ3v) is 7.44. The maximum absolute atomic E-state index is 13.2. The van der Waals surface area contributed by atoms with Crippen LogP contribution >= 0.6 is 11.3 Å². The molecule has 0 saturated heterocycles. The molecule has 0 spiro atoms. The van der Waals surface area contributed by atoms with Gasteiger partial charge in [-0.2, -0.15) is 0 Å². The van der Waals surface area contributed by atoms with Crippen LogP contribution < -0.4 is 5.32 Å². The Morgan fingerprint density at radius 3 is 2.65 bits per heavy atom. The molecule has 1 aromatic carbocycles. The van der Waals surface area contributed by atoms with Gasteiger partial charge in [0.1, 0.15) is 16.9 Å². The topological polar surface area (TPSA) is 51.2 Å². The Hall–Kier alpha value is -1.95. The molecule has 3 unspecified atom stereocenters. The lowest BCUT2D eigenvalue weighted by atomic mass is 9.91. The fourth-order valence-corrected chi connectivity index (χ4v) is 5.47. The zero-order valence-corrected chi connectivity index (χ0v) is 19.9. The summed E-state index contributed by atoms with van der Waals surface area (Å²) in [4.78, 5) is 17.4. The number of amides is 1. The molecule has 1 N–H and O–H groups in total. The summed E-state index contributed by atoms with van der Waals surface area (Å²) in [6.07, 6.45) is 7.68. The number of aromatic nitrogens is 1. The third-order valence-electron chi connectivity index (χ3n) is 6.55. The molecule has 6 heteroatoms. The molecule has 4 nitrogen and oxygen atoms in total. The Morgan fingerprint density at radius 1 is 1.23 bits per heavy atom. The highest BCUT2D eigenvalue weighted by molar-refractivity contribution is 7.13. The van der Waals surface area contributed by atoms with Gasteiger partial charge in [0.05, 0.1) is 11.2 Å². The van der Waals surface area contributed by atoms with Gasteiger partial charge in [0.25, 0.3) is 0 Å². The van der Waals surface area contributed by atoms with Crippen LogP contribution in [-0.2, 0) is 10.3 Å². The third kappa shape index (κ3) is 6.28. The van der Waals surface area contributed by atoms with Crippen molar-refractivity contribution in [2.75, 3.05) is 0 Å². The van der Waals surface area contributed by atoms with E-state index in [1.54, 1.807) is 12.1 Å². The van der Waals surface area contributed by atoms with E-state index in [0.29, 0.717) is 5.92 Å². The summed E-state index contributed by atoms with van der Waals surface area (Å²) < 4.78 is 19.1. The zero-order chi connectivity index (χ0) is 22.4. The molecular formula is C25H35FN2O2S. The monoisotopic (exact) mass is 446 g/mol. The second kappa shape index (κ2) is 10.6. The highest BCUT2D eigenvalue weighted by atomic mass is 32.1. The second-order valence-corrected chi connectivity index (χ2v) is 10.0. The van der Waals surface area contributed by atoms with Gasteiger partial charge in [0.15, 0.2) is 0 Å².